The zero-order valence-corrected chi connectivity index (χ0v) is 14.8. The molecule has 2 aromatic carbocycles. The van der Waals surface area contributed by atoms with E-state index in [1.807, 2.05) is 0 Å². The van der Waals surface area contributed by atoms with Crippen molar-refractivity contribution >= 4 is 10.0 Å². The number of rotatable bonds is 5. The molecule has 0 aliphatic rings. The Hall–Kier alpha value is -3.52. The fourth-order valence-corrected chi connectivity index (χ4v) is 3.57. The SMILES string of the molecule is O=S(=O)(c1ccccc1)n1ccc(-c2ccc(Oc3ncccn3)cc2)n1. The second-order valence-corrected chi connectivity index (χ2v) is 7.35. The van der Waals surface area contributed by atoms with Crippen molar-refractivity contribution in [3.63, 3.8) is 0 Å². The van der Waals surface area contributed by atoms with Crippen LogP contribution >= 0.6 is 0 Å². The molecule has 4 rings (SSSR count). The van der Waals surface area contributed by atoms with Crippen molar-refractivity contribution in [3.05, 3.63) is 85.3 Å². The van der Waals surface area contributed by atoms with E-state index in [1.54, 1.807) is 67.0 Å². The number of nitrogens with zero attached hydrogens (tertiary/aromatic N) is 4. The van der Waals surface area contributed by atoms with E-state index >= 15 is 0 Å². The first kappa shape index (κ1) is 16.9. The van der Waals surface area contributed by atoms with Gasteiger partial charge in [-0.3, -0.25) is 0 Å². The largest absolute Gasteiger partial charge is 0.424 e. The minimum Gasteiger partial charge on any atom is -0.424 e. The summed E-state index contributed by atoms with van der Waals surface area (Å²) in [4.78, 5) is 8.18. The number of benzene rings is 2. The lowest BCUT2D eigenvalue weighted by molar-refractivity contribution is 0.442. The van der Waals surface area contributed by atoms with E-state index in [-0.39, 0.29) is 10.9 Å². The third-order valence-electron chi connectivity index (χ3n) is 3.75. The normalized spacial score (nSPS) is 11.3. The Morgan fingerprint density at radius 1 is 0.815 bits per heavy atom. The highest BCUT2D eigenvalue weighted by molar-refractivity contribution is 7.89. The fraction of sp³-hybridized carbons (Fsp3) is 0. The van der Waals surface area contributed by atoms with E-state index < -0.39 is 10.0 Å². The minimum absolute atomic E-state index is 0.186. The maximum absolute atomic E-state index is 12.6. The van der Waals surface area contributed by atoms with Crippen molar-refractivity contribution in [1.82, 2.24) is 19.2 Å². The highest BCUT2D eigenvalue weighted by Crippen LogP contribution is 2.24. The van der Waals surface area contributed by atoms with Crippen LogP contribution in [0.5, 0.6) is 11.8 Å². The molecule has 4 aromatic rings. The van der Waals surface area contributed by atoms with Crippen LogP contribution in [0.2, 0.25) is 0 Å². The quantitative estimate of drug-likeness (QED) is 0.529. The summed E-state index contributed by atoms with van der Waals surface area (Å²) >= 11 is 0. The van der Waals surface area contributed by atoms with Gasteiger partial charge in [0, 0.05) is 24.2 Å². The van der Waals surface area contributed by atoms with Crippen LogP contribution in [-0.2, 0) is 10.0 Å². The van der Waals surface area contributed by atoms with E-state index in [2.05, 4.69) is 15.1 Å². The summed E-state index contributed by atoms with van der Waals surface area (Å²) < 4.78 is 31.7. The van der Waals surface area contributed by atoms with Crippen LogP contribution in [0.15, 0.2) is 90.2 Å². The average Bonchev–Trinajstić information content (AvgIpc) is 3.21. The molecule has 0 bridgehead atoms. The molecule has 0 unspecified atom stereocenters. The van der Waals surface area contributed by atoms with E-state index in [1.165, 1.54) is 18.3 Å². The van der Waals surface area contributed by atoms with Gasteiger partial charge in [-0.2, -0.15) is 17.6 Å². The van der Waals surface area contributed by atoms with Crippen molar-refractivity contribution in [2.24, 2.45) is 0 Å². The lowest BCUT2D eigenvalue weighted by atomic mass is 10.1. The average molecular weight is 378 g/mol. The lowest BCUT2D eigenvalue weighted by Crippen LogP contribution is -2.13. The molecule has 27 heavy (non-hydrogen) atoms. The second kappa shape index (κ2) is 7.00. The zero-order chi connectivity index (χ0) is 18.7. The molecule has 8 heteroatoms. The molecule has 0 fully saturated rings. The Balaban J connectivity index is 1.57. The van der Waals surface area contributed by atoms with Gasteiger partial charge in [-0.05, 0) is 48.5 Å². The monoisotopic (exact) mass is 378 g/mol. The summed E-state index contributed by atoms with van der Waals surface area (Å²) in [6.45, 7) is 0. The second-order valence-electron chi connectivity index (χ2n) is 5.55. The summed E-state index contributed by atoms with van der Waals surface area (Å²) in [5.41, 5.74) is 1.30. The van der Waals surface area contributed by atoms with Crippen molar-refractivity contribution in [3.8, 4) is 23.0 Å². The highest BCUT2D eigenvalue weighted by atomic mass is 32.2. The van der Waals surface area contributed by atoms with Gasteiger partial charge in [0.05, 0.1) is 10.6 Å². The van der Waals surface area contributed by atoms with Crippen LogP contribution in [0.1, 0.15) is 0 Å². The smallest absolute Gasteiger partial charge is 0.321 e. The molecule has 0 atom stereocenters. The maximum atomic E-state index is 12.6. The molecule has 2 aromatic heterocycles. The first-order valence-electron chi connectivity index (χ1n) is 8.04. The van der Waals surface area contributed by atoms with Crippen LogP contribution in [-0.4, -0.2) is 27.6 Å². The molecule has 0 N–H and O–H groups in total. The molecule has 0 saturated carbocycles. The summed E-state index contributed by atoms with van der Waals surface area (Å²) in [7, 11) is -3.71. The van der Waals surface area contributed by atoms with Crippen molar-refractivity contribution in [1.29, 1.82) is 0 Å². The van der Waals surface area contributed by atoms with Crippen molar-refractivity contribution < 1.29 is 13.2 Å². The Morgan fingerprint density at radius 2 is 1.52 bits per heavy atom. The van der Waals surface area contributed by atoms with Gasteiger partial charge >= 0.3 is 6.01 Å². The Morgan fingerprint density at radius 3 is 2.22 bits per heavy atom. The number of hydrogen-bond acceptors (Lipinski definition) is 6. The number of aromatic nitrogens is 4. The van der Waals surface area contributed by atoms with Crippen LogP contribution in [0.3, 0.4) is 0 Å². The van der Waals surface area contributed by atoms with Gasteiger partial charge in [-0.15, -0.1) is 0 Å². The van der Waals surface area contributed by atoms with E-state index in [4.69, 9.17) is 4.74 Å². The van der Waals surface area contributed by atoms with Crippen LogP contribution in [0, 0.1) is 0 Å². The topological polar surface area (TPSA) is 87.0 Å². The first-order chi connectivity index (χ1) is 13.1. The van der Waals surface area contributed by atoms with E-state index in [0.29, 0.717) is 11.4 Å². The lowest BCUT2D eigenvalue weighted by Gasteiger charge is -2.05. The van der Waals surface area contributed by atoms with Crippen molar-refractivity contribution in [2.45, 2.75) is 4.90 Å². The third-order valence-corrected chi connectivity index (χ3v) is 5.32. The van der Waals surface area contributed by atoms with Gasteiger partial charge in [0.15, 0.2) is 0 Å². The van der Waals surface area contributed by atoms with Gasteiger partial charge in [0.25, 0.3) is 10.0 Å². The molecular weight excluding hydrogens is 364 g/mol. The summed E-state index contributed by atoms with van der Waals surface area (Å²) in [6, 6.07) is 18.9. The van der Waals surface area contributed by atoms with Gasteiger partial charge < -0.3 is 4.74 Å². The number of hydrogen-bond donors (Lipinski definition) is 0. The van der Waals surface area contributed by atoms with Gasteiger partial charge in [0.1, 0.15) is 5.75 Å². The molecule has 0 aliphatic carbocycles. The van der Waals surface area contributed by atoms with Gasteiger partial charge in [0.2, 0.25) is 0 Å². The first-order valence-corrected chi connectivity index (χ1v) is 9.48. The summed E-state index contributed by atoms with van der Waals surface area (Å²) in [5, 5.41) is 4.21. The van der Waals surface area contributed by atoms with Crippen LogP contribution in [0.4, 0.5) is 0 Å². The fourth-order valence-electron chi connectivity index (χ4n) is 2.43. The summed E-state index contributed by atoms with van der Waals surface area (Å²) in [5.74, 6) is 0.571. The van der Waals surface area contributed by atoms with Crippen molar-refractivity contribution in [2.75, 3.05) is 0 Å². The Bertz CT molecular complexity index is 1140. The molecule has 0 aliphatic heterocycles. The molecule has 0 spiro atoms. The predicted molar refractivity (Wildman–Crippen MR) is 98.8 cm³/mol. The van der Waals surface area contributed by atoms with Gasteiger partial charge in [-0.25, -0.2) is 9.97 Å². The molecule has 2 heterocycles. The van der Waals surface area contributed by atoms with Crippen LogP contribution < -0.4 is 4.74 Å². The Labute approximate surface area is 156 Å². The van der Waals surface area contributed by atoms with E-state index in [9.17, 15) is 8.42 Å². The Kier molecular flexibility index (Phi) is 4.39. The molecule has 7 nitrogen and oxygen atoms in total. The zero-order valence-electron chi connectivity index (χ0n) is 14.0. The maximum Gasteiger partial charge on any atom is 0.321 e. The number of ether oxygens (including phenoxy) is 1. The highest BCUT2D eigenvalue weighted by Gasteiger charge is 2.18. The standard InChI is InChI=1S/C19H14N4O3S/c24-27(25,17-5-2-1-3-6-17)23-14-11-18(22-23)15-7-9-16(10-8-15)26-19-20-12-4-13-21-19/h1-14H. The third kappa shape index (κ3) is 3.56. The molecular formula is C19H14N4O3S. The molecule has 0 radical (unpaired) electrons. The predicted octanol–water partition coefficient (Wildman–Crippen LogP) is 3.37. The minimum atomic E-state index is -3.71. The molecule has 0 amide bonds. The van der Waals surface area contributed by atoms with Crippen LogP contribution in [0.25, 0.3) is 11.3 Å². The summed E-state index contributed by atoms with van der Waals surface area (Å²) in [6.07, 6.45) is 4.62. The molecule has 0 saturated heterocycles. The van der Waals surface area contributed by atoms with Gasteiger partial charge in [-0.1, -0.05) is 18.2 Å². The van der Waals surface area contributed by atoms with E-state index in [0.717, 1.165) is 9.65 Å². The molecule has 134 valence electrons.